The average Bonchev–Trinajstić information content (AvgIpc) is 3.72. The molecule has 0 saturated heterocycles. The van der Waals surface area contributed by atoms with E-state index in [1.165, 1.54) is 38.9 Å². The molecule has 3 heteroatoms. The number of pyridine rings is 2. The lowest BCUT2D eigenvalue weighted by molar-refractivity contribution is 0.661. The highest BCUT2D eigenvalue weighted by molar-refractivity contribution is 6.24. The molecule has 3 nitrogen and oxygen atoms in total. The highest BCUT2D eigenvalue weighted by Crippen LogP contribution is 2.51. The normalized spacial score (nSPS) is 13.1. The van der Waals surface area contributed by atoms with E-state index >= 15 is 0 Å². The molecule has 0 bridgehead atoms. The molecule has 0 unspecified atom stereocenters. The molecule has 0 radical (unpaired) electrons. The minimum Gasteiger partial charge on any atom is -0.455 e. The summed E-state index contributed by atoms with van der Waals surface area (Å²) in [5.74, 6) is 0. The van der Waals surface area contributed by atoms with Crippen LogP contribution in [0, 0.1) is 0 Å². The van der Waals surface area contributed by atoms with E-state index in [1.807, 2.05) is 36.7 Å². The number of fused-ring (bicyclic) bond motifs is 10. The highest BCUT2D eigenvalue weighted by atomic mass is 16.3. The van der Waals surface area contributed by atoms with Gasteiger partial charge in [-0.05, 0) is 92.0 Å². The standard InChI is InChI=1S/C51H34N2O/c1-51(2)44-27-34(18-21-38(44)39-22-19-35(28-45(39)51)37-11-8-26-52-30-37)31-14-16-32(17-15-31)36-20-23-42-46(29-36)53-49(33-9-4-3-5-10-33)43-25-24-41-40-12-6-7-13-47(40)54-50(41)48(42)43/h3-30H,1-2H3. The molecule has 0 atom stereocenters. The highest BCUT2D eigenvalue weighted by Gasteiger charge is 2.36. The van der Waals surface area contributed by atoms with Crippen LogP contribution in [0.4, 0.5) is 0 Å². The Bertz CT molecular complexity index is 3100. The molecule has 3 heterocycles. The molecular weight excluding hydrogens is 657 g/mol. The molecule has 0 fully saturated rings. The Morgan fingerprint density at radius 1 is 0.463 bits per heavy atom. The largest absolute Gasteiger partial charge is 0.455 e. The monoisotopic (exact) mass is 690 g/mol. The second kappa shape index (κ2) is 11.6. The van der Waals surface area contributed by atoms with Crippen LogP contribution in [0.3, 0.4) is 0 Å². The maximum Gasteiger partial charge on any atom is 0.144 e. The molecule has 0 saturated carbocycles. The van der Waals surface area contributed by atoms with Gasteiger partial charge in [-0.25, -0.2) is 4.98 Å². The van der Waals surface area contributed by atoms with Crippen molar-refractivity contribution in [2.75, 3.05) is 0 Å². The Balaban J connectivity index is 0.986. The number of benzene rings is 7. The summed E-state index contributed by atoms with van der Waals surface area (Å²) in [5.41, 5.74) is 17.1. The third kappa shape index (κ3) is 4.61. The molecule has 54 heavy (non-hydrogen) atoms. The molecule has 3 aromatic heterocycles. The van der Waals surface area contributed by atoms with E-state index in [1.54, 1.807) is 0 Å². The molecule has 7 aromatic carbocycles. The SMILES string of the molecule is CC1(C)c2cc(-c3ccc(-c4ccc5c(c4)nc(-c4ccccc4)c4ccc6c7ccccc7oc6c45)cc3)ccc2-c2ccc(-c3cccnc3)cc21. The Morgan fingerprint density at radius 3 is 1.78 bits per heavy atom. The van der Waals surface area contributed by atoms with Gasteiger partial charge in [0, 0.05) is 50.3 Å². The van der Waals surface area contributed by atoms with E-state index < -0.39 is 0 Å². The Hall–Kier alpha value is -6.84. The molecule has 0 aliphatic heterocycles. The first-order chi connectivity index (χ1) is 26.5. The van der Waals surface area contributed by atoms with Crippen LogP contribution < -0.4 is 0 Å². The van der Waals surface area contributed by atoms with E-state index in [-0.39, 0.29) is 5.41 Å². The van der Waals surface area contributed by atoms with Gasteiger partial charge in [0.1, 0.15) is 11.2 Å². The number of hydrogen-bond acceptors (Lipinski definition) is 3. The molecular formula is C51H34N2O. The molecule has 1 aliphatic carbocycles. The van der Waals surface area contributed by atoms with Crippen LogP contribution in [0.15, 0.2) is 175 Å². The number of aromatic nitrogens is 2. The molecule has 254 valence electrons. The molecule has 0 N–H and O–H groups in total. The first-order valence-corrected chi connectivity index (χ1v) is 18.6. The first-order valence-electron chi connectivity index (χ1n) is 18.6. The molecule has 10 aromatic rings. The van der Waals surface area contributed by atoms with Crippen molar-refractivity contribution in [1.82, 2.24) is 9.97 Å². The Kier molecular flexibility index (Phi) is 6.60. The second-order valence-electron chi connectivity index (χ2n) is 15.0. The summed E-state index contributed by atoms with van der Waals surface area (Å²) in [7, 11) is 0. The van der Waals surface area contributed by atoms with Crippen LogP contribution in [0.2, 0.25) is 0 Å². The van der Waals surface area contributed by atoms with E-state index in [2.05, 4.69) is 152 Å². The van der Waals surface area contributed by atoms with E-state index in [9.17, 15) is 0 Å². The fourth-order valence-electron chi connectivity index (χ4n) is 8.75. The van der Waals surface area contributed by atoms with Crippen molar-refractivity contribution in [2.45, 2.75) is 19.3 Å². The Labute approximate surface area is 313 Å². The second-order valence-corrected chi connectivity index (χ2v) is 15.0. The van der Waals surface area contributed by atoms with Gasteiger partial charge in [-0.1, -0.05) is 135 Å². The van der Waals surface area contributed by atoms with Gasteiger partial charge in [0.15, 0.2) is 0 Å². The molecule has 0 spiro atoms. The van der Waals surface area contributed by atoms with E-state index in [0.29, 0.717) is 0 Å². The number of nitrogens with zero attached hydrogens (tertiary/aromatic N) is 2. The van der Waals surface area contributed by atoms with Crippen LogP contribution >= 0.6 is 0 Å². The molecule has 11 rings (SSSR count). The lowest BCUT2D eigenvalue weighted by Crippen LogP contribution is -2.15. The topological polar surface area (TPSA) is 38.9 Å². The number of para-hydroxylation sites is 1. The van der Waals surface area contributed by atoms with Gasteiger partial charge in [0.25, 0.3) is 0 Å². The fraction of sp³-hybridized carbons (Fsp3) is 0.0588. The maximum atomic E-state index is 6.59. The Morgan fingerprint density at radius 2 is 1.06 bits per heavy atom. The van der Waals surface area contributed by atoms with E-state index in [4.69, 9.17) is 9.40 Å². The number of rotatable bonds is 4. The zero-order chi connectivity index (χ0) is 36.0. The van der Waals surface area contributed by atoms with Crippen molar-refractivity contribution < 1.29 is 4.42 Å². The minimum absolute atomic E-state index is 0.117. The van der Waals surface area contributed by atoms with Crippen LogP contribution in [0.25, 0.3) is 99.4 Å². The van der Waals surface area contributed by atoms with Crippen molar-refractivity contribution in [3.05, 3.63) is 181 Å². The maximum absolute atomic E-state index is 6.59. The summed E-state index contributed by atoms with van der Waals surface area (Å²) >= 11 is 0. The molecule has 0 amide bonds. The predicted octanol–water partition coefficient (Wildman–Crippen LogP) is 13.7. The van der Waals surface area contributed by atoms with Gasteiger partial charge in [-0.3, -0.25) is 4.98 Å². The fourth-order valence-corrected chi connectivity index (χ4v) is 8.75. The summed E-state index contributed by atoms with van der Waals surface area (Å²) < 4.78 is 6.59. The third-order valence-electron chi connectivity index (χ3n) is 11.6. The van der Waals surface area contributed by atoms with Crippen molar-refractivity contribution >= 4 is 43.6 Å². The smallest absolute Gasteiger partial charge is 0.144 e. The lowest BCUT2D eigenvalue weighted by atomic mass is 9.81. The summed E-state index contributed by atoms with van der Waals surface area (Å²) in [6.45, 7) is 4.69. The van der Waals surface area contributed by atoms with Crippen LogP contribution in [-0.4, -0.2) is 9.97 Å². The minimum atomic E-state index is -0.117. The molecule has 1 aliphatic rings. The third-order valence-corrected chi connectivity index (χ3v) is 11.6. The summed E-state index contributed by atoms with van der Waals surface area (Å²) in [4.78, 5) is 9.68. The van der Waals surface area contributed by atoms with Gasteiger partial charge in [0.05, 0.1) is 11.2 Å². The van der Waals surface area contributed by atoms with Crippen molar-refractivity contribution in [3.63, 3.8) is 0 Å². The van der Waals surface area contributed by atoms with Crippen molar-refractivity contribution in [1.29, 1.82) is 0 Å². The van der Waals surface area contributed by atoms with Gasteiger partial charge in [-0.15, -0.1) is 0 Å². The zero-order valence-electron chi connectivity index (χ0n) is 30.0. The number of furan rings is 1. The van der Waals surface area contributed by atoms with E-state index in [0.717, 1.165) is 71.6 Å². The lowest BCUT2D eigenvalue weighted by Gasteiger charge is -2.22. The summed E-state index contributed by atoms with van der Waals surface area (Å²) in [5, 5.41) is 5.53. The summed E-state index contributed by atoms with van der Waals surface area (Å²) in [6.07, 6.45) is 3.77. The van der Waals surface area contributed by atoms with Gasteiger partial charge in [-0.2, -0.15) is 0 Å². The van der Waals surface area contributed by atoms with Crippen LogP contribution in [0.1, 0.15) is 25.0 Å². The van der Waals surface area contributed by atoms with Gasteiger partial charge < -0.3 is 4.42 Å². The quantitative estimate of drug-likeness (QED) is 0.173. The number of hydrogen-bond donors (Lipinski definition) is 0. The van der Waals surface area contributed by atoms with Crippen molar-refractivity contribution in [2.24, 2.45) is 0 Å². The zero-order valence-corrected chi connectivity index (χ0v) is 30.0. The summed E-state index contributed by atoms with van der Waals surface area (Å²) in [6, 6.07) is 56.7. The van der Waals surface area contributed by atoms with Crippen LogP contribution in [0.5, 0.6) is 0 Å². The average molecular weight is 691 g/mol. The van der Waals surface area contributed by atoms with Crippen molar-refractivity contribution in [3.8, 4) is 55.8 Å². The predicted molar refractivity (Wildman–Crippen MR) is 224 cm³/mol. The van der Waals surface area contributed by atoms with Gasteiger partial charge >= 0.3 is 0 Å². The first kappa shape index (κ1) is 30.8. The van der Waals surface area contributed by atoms with Crippen LogP contribution in [-0.2, 0) is 5.41 Å². The van der Waals surface area contributed by atoms with Gasteiger partial charge in [0.2, 0.25) is 0 Å².